The Morgan fingerprint density at radius 2 is 0.830 bits per heavy atom. The summed E-state index contributed by atoms with van der Waals surface area (Å²) in [5, 5.41) is 9.59. The summed E-state index contributed by atoms with van der Waals surface area (Å²) in [4.78, 5) is 48.4. The SMILES string of the molecule is C=C(C)C(CC=C(C)C)COC(=O)CCCCCC(=O)OCC(CO)COC(=O)CCCCCC(=O)OCC(CC=C(C)C)C(=C)C. The van der Waals surface area contributed by atoms with E-state index in [0.717, 1.165) is 24.0 Å². The molecular weight excluding hydrogens is 600 g/mol. The van der Waals surface area contributed by atoms with Crippen LogP contribution in [0.15, 0.2) is 47.6 Å². The van der Waals surface area contributed by atoms with Crippen LogP contribution in [0.2, 0.25) is 0 Å². The first-order valence-electron chi connectivity index (χ1n) is 17.1. The summed E-state index contributed by atoms with van der Waals surface area (Å²) in [5.41, 5.74) is 4.40. The fraction of sp³-hybridized carbons (Fsp3) is 0.684. The summed E-state index contributed by atoms with van der Waals surface area (Å²) in [5.74, 6) is -1.61. The molecule has 0 saturated carbocycles. The third-order valence-corrected chi connectivity index (χ3v) is 7.65. The number of unbranched alkanes of at least 4 members (excludes halogenated alkanes) is 4. The first-order chi connectivity index (χ1) is 22.2. The Hall–Kier alpha value is -3.20. The van der Waals surface area contributed by atoms with Crippen LogP contribution in [0.3, 0.4) is 0 Å². The van der Waals surface area contributed by atoms with Crippen molar-refractivity contribution in [2.75, 3.05) is 33.0 Å². The molecule has 9 heteroatoms. The predicted molar refractivity (Wildman–Crippen MR) is 185 cm³/mol. The van der Waals surface area contributed by atoms with Gasteiger partial charge >= 0.3 is 23.9 Å². The second kappa shape index (κ2) is 26.8. The van der Waals surface area contributed by atoms with E-state index in [0.29, 0.717) is 64.6 Å². The predicted octanol–water partition coefficient (Wildman–Crippen LogP) is 7.77. The Morgan fingerprint density at radius 1 is 0.532 bits per heavy atom. The molecule has 0 heterocycles. The summed E-state index contributed by atoms with van der Waals surface area (Å²) < 4.78 is 21.3. The number of aliphatic hydroxyl groups excluding tert-OH is 1. The van der Waals surface area contributed by atoms with E-state index in [1.165, 1.54) is 11.1 Å². The zero-order valence-electron chi connectivity index (χ0n) is 30.0. The zero-order valence-corrected chi connectivity index (χ0v) is 30.0. The first kappa shape index (κ1) is 43.8. The molecule has 0 spiro atoms. The standard InChI is InChI=1S/C38H62O9/c1-28(2)19-21-33(30(5)6)26-46-37(42)17-13-9-11-15-35(40)44-24-32(23-39)25-45-36(41)16-12-10-14-18-38(43)47-27-34(31(7)8)22-20-29(3)4/h19-20,32-34,39H,5,7,9-18,21-27H2,1-4,6,8H3. The fourth-order valence-corrected chi connectivity index (χ4v) is 4.26. The number of rotatable bonds is 27. The average molecular weight is 663 g/mol. The maximum atomic E-state index is 12.1. The van der Waals surface area contributed by atoms with Gasteiger partial charge in [-0.1, -0.05) is 60.4 Å². The normalized spacial score (nSPS) is 12.6. The molecule has 0 amide bonds. The van der Waals surface area contributed by atoms with Crippen LogP contribution in [0, 0.1) is 17.8 Å². The molecule has 0 aromatic rings. The van der Waals surface area contributed by atoms with Gasteiger partial charge in [0.05, 0.1) is 39.0 Å². The molecule has 0 aromatic heterocycles. The van der Waals surface area contributed by atoms with E-state index in [-0.39, 0.29) is 56.4 Å². The Kier molecular flexibility index (Phi) is 25.0. The minimum Gasteiger partial charge on any atom is -0.465 e. The van der Waals surface area contributed by atoms with E-state index < -0.39 is 17.9 Å². The largest absolute Gasteiger partial charge is 0.465 e. The van der Waals surface area contributed by atoms with Crippen LogP contribution in [-0.2, 0) is 38.1 Å². The second-order valence-corrected chi connectivity index (χ2v) is 13.0. The molecule has 0 bridgehead atoms. The van der Waals surface area contributed by atoms with Crippen LogP contribution in [0.4, 0.5) is 0 Å². The highest BCUT2D eigenvalue weighted by molar-refractivity contribution is 5.70. The van der Waals surface area contributed by atoms with Gasteiger partial charge in [0.25, 0.3) is 0 Å². The van der Waals surface area contributed by atoms with Crippen molar-refractivity contribution in [3.05, 3.63) is 47.6 Å². The van der Waals surface area contributed by atoms with Crippen molar-refractivity contribution in [3.8, 4) is 0 Å². The number of carbonyl (C=O) groups excluding carboxylic acids is 4. The van der Waals surface area contributed by atoms with Gasteiger partial charge in [-0.25, -0.2) is 0 Å². The zero-order chi connectivity index (χ0) is 35.6. The molecule has 1 N–H and O–H groups in total. The minimum atomic E-state index is -0.507. The Morgan fingerprint density at radius 3 is 1.09 bits per heavy atom. The quantitative estimate of drug-likeness (QED) is 0.0406. The lowest BCUT2D eigenvalue weighted by molar-refractivity contribution is -0.150. The molecule has 9 nitrogen and oxygen atoms in total. The number of hydrogen-bond acceptors (Lipinski definition) is 9. The lowest BCUT2D eigenvalue weighted by Gasteiger charge is -2.16. The topological polar surface area (TPSA) is 125 Å². The summed E-state index contributed by atoms with van der Waals surface area (Å²) in [6.45, 7) is 20.2. The van der Waals surface area contributed by atoms with Gasteiger partial charge in [0.1, 0.15) is 0 Å². The summed E-state index contributed by atoms with van der Waals surface area (Å²) in [6, 6.07) is 0. The van der Waals surface area contributed by atoms with E-state index in [1.807, 2.05) is 41.5 Å². The van der Waals surface area contributed by atoms with Gasteiger partial charge in [-0.3, -0.25) is 19.2 Å². The third-order valence-electron chi connectivity index (χ3n) is 7.65. The lowest BCUT2D eigenvalue weighted by atomic mass is 9.98. The van der Waals surface area contributed by atoms with Gasteiger partial charge < -0.3 is 24.1 Å². The molecule has 2 atom stereocenters. The first-order valence-corrected chi connectivity index (χ1v) is 17.1. The highest BCUT2D eigenvalue weighted by Gasteiger charge is 2.16. The van der Waals surface area contributed by atoms with Gasteiger partial charge in [0.15, 0.2) is 0 Å². The van der Waals surface area contributed by atoms with Crippen molar-refractivity contribution in [1.82, 2.24) is 0 Å². The van der Waals surface area contributed by atoms with Crippen molar-refractivity contribution in [2.24, 2.45) is 17.8 Å². The maximum Gasteiger partial charge on any atom is 0.305 e. The Bertz CT molecular complexity index is 952. The highest BCUT2D eigenvalue weighted by Crippen LogP contribution is 2.18. The maximum absolute atomic E-state index is 12.1. The third kappa shape index (κ3) is 25.6. The molecule has 0 aliphatic heterocycles. The summed E-state index contributed by atoms with van der Waals surface area (Å²) in [6.07, 6.45) is 10.5. The smallest absolute Gasteiger partial charge is 0.305 e. The van der Waals surface area contributed by atoms with Crippen molar-refractivity contribution < 1.29 is 43.2 Å². The van der Waals surface area contributed by atoms with Crippen LogP contribution < -0.4 is 0 Å². The lowest BCUT2D eigenvalue weighted by Crippen LogP contribution is -2.23. The Labute approximate surface area is 283 Å². The highest BCUT2D eigenvalue weighted by atomic mass is 16.6. The molecule has 0 aliphatic rings. The molecule has 0 aliphatic carbocycles. The molecular formula is C38H62O9. The second-order valence-electron chi connectivity index (χ2n) is 13.0. The number of ether oxygens (including phenoxy) is 4. The number of aliphatic hydroxyl groups is 1. The molecule has 0 aromatic carbocycles. The van der Waals surface area contributed by atoms with Crippen LogP contribution in [0.1, 0.15) is 119 Å². The molecule has 0 rings (SSSR count). The van der Waals surface area contributed by atoms with Gasteiger partial charge in [-0.05, 0) is 80.1 Å². The van der Waals surface area contributed by atoms with E-state index >= 15 is 0 Å². The van der Waals surface area contributed by atoms with Crippen LogP contribution >= 0.6 is 0 Å². The number of esters is 4. The van der Waals surface area contributed by atoms with Crippen LogP contribution in [0.5, 0.6) is 0 Å². The van der Waals surface area contributed by atoms with Gasteiger partial charge in [-0.15, -0.1) is 0 Å². The minimum absolute atomic E-state index is 0.0474. The molecule has 0 fully saturated rings. The van der Waals surface area contributed by atoms with E-state index in [4.69, 9.17) is 18.9 Å². The summed E-state index contributed by atoms with van der Waals surface area (Å²) in [7, 11) is 0. The fourth-order valence-electron chi connectivity index (χ4n) is 4.26. The van der Waals surface area contributed by atoms with Crippen molar-refractivity contribution in [2.45, 2.75) is 119 Å². The van der Waals surface area contributed by atoms with Gasteiger partial charge in [0, 0.05) is 37.5 Å². The molecule has 268 valence electrons. The molecule has 0 saturated heterocycles. The van der Waals surface area contributed by atoms with Crippen molar-refractivity contribution in [1.29, 1.82) is 0 Å². The average Bonchev–Trinajstić information content (AvgIpc) is 2.99. The van der Waals surface area contributed by atoms with Gasteiger partial charge in [-0.2, -0.15) is 0 Å². The number of allylic oxidation sites excluding steroid dienone is 4. The van der Waals surface area contributed by atoms with E-state index in [2.05, 4.69) is 25.3 Å². The monoisotopic (exact) mass is 662 g/mol. The molecule has 2 unspecified atom stereocenters. The number of hydrogen-bond donors (Lipinski definition) is 1. The van der Waals surface area contributed by atoms with Crippen LogP contribution in [0.25, 0.3) is 0 Å². The molecule has 47 heavy (non-hydrogen) atoms. The van der Waals surface area contributed by atoms with Crippen LogP contribution in [-0.4, -0.2) is 62.0 Å². The van der Waals surface area contributed by atoms with E-state index in [1.54, 1.807) is 0 Å². The van der Waals surface area contributed by atoms with Crippen molar-refractivity contribution >= 4 is 23.9 Å². The van der Waals surface area contributed by atoms with Gasteiger partial charge in [0.2, 0.25) is 0 Å². The van der Waals surface area contributed by atoms with E-state index in [9.17, 15) is 24.3 Å². The molecule has 0 radical (unpaired) electrons. The Balaban J connectivity index is 4.03. The summed E-state index contributed by atoms with van der Waals surface area (Å²) >= 11 is 0. The number of carbonyl (C=O) groups is 4. The van der Waals surface area contributed by atoms with Crippen molar-refractivity contribution in [3.63, 3.8) is 0 Å².